The van der Waals surface area contributed by atoms with Crippen LogP contribution in [0, 0.1) is 5.82 Å². The van der Waals surface area contributed by atoms with E-state index in [-0.39, 0.29) is 28.2 Å². The van der Waals surface area contributed by atoms with Gasteiger partial charge in [0.15, 0.2) is 0 Å². The molecule has 1 heterocycles. The fraction of sp³-hybridized carbons (Fsp3) is 0.278. The number of rotatable bonds is 4. The van der Waals surface area contributed by atoms with Crippen molar-refractivity contribution in [3.8, 4) is 0 Å². The second-order valence-electron chi connectivity index (χ2n) is 6.14. The highest BCUT2D eigenvalue weighted by Crippen LogP contribution is 2.37. The van der Waals surface area contributed by atoms with Crippen LogP contribution in [0.2, 0.25) is 0 Å². The Balaban J connectivity index is 1.86. The molecule has 0 saturated heterocycles. The van der Waals surface area contributed by atoms with Gasteiger partial charge in [-0.25, -0.2) is 17.1 Å². The minimum absolute atomic E-state index is 0.0563. The number of halogens is 1. The van der Waals surface area contributed by atoms with Crippen molar-refractivity contribution in [3.63, 3.8) is 0 Å². The molecule has 0 saturated carbocycles. The van der Waals surface area contributed by atoms with Crippen molar-refractivity contribution in [1.82, 2.24) is 9.62 Å². The average molecular weight is 394 g/mol. The maximum Gasteiger partial charge on any atom is 0.251 e. The molecule has 2 aromatic rings. The third-order valence-electron chi connectivity index (χ3n) is 4.21. The molecule has 5 nitrogen and oxygen atoms in total. The minimum atomic E-state index is -3.62. The topological polar surface area (TPSA) is 66.5 Å². The molecule has 0 bridgehead atoms. The lowest BCUT2D eigenvalue weighted by Crippen LogP contribution is -2.31. The van der Waals surface area contributed by atoms with Gasteiger partial charge in [0.25, 0.3) is 5.91 Å². The molecule has 1 aliphatic rings. The van der Waals surface area contributed by atoms with Crippen molar-refractivity contribution in [2.75, 3.05) is 19.8 Å². The zero-order valence-electron chi connectivity index (χ0n) is 14.4. The lowest BCUT2D eigenvalue weighted by Gasteiger charge is -2.26. The first-order chi connectivity index (χ1) is 12.3. The third kappa shape index (κ3) is 3.62. The molecular formula is C18H19FN2O3S2. The molecule has 0 radical (unpaired) electrons. The molecule has 2 aromatic carbocycles. The van der Waals surface area contributed by atoms with Crippen LogP contribution >= 0.6 is 11.8 Å². The van der Waals surface area contributed by atoms with Crippen LogP contribution in [-0.4, -0.2) is 38.5 Å². The van der Waals surface area contributed by atoms with Crippen molar-refractivity contribution in [3.05, 3.63) is 59.4 Å². The number of benzene rings is 2. The SMILES string of the molecule is CN(C)S(=O)(=O)c1cccc(C(=O)N[C@H]2CCSc3c(F)cccc32)c1. The number of carbonyl (C=O) groups excluding carboxylic acids is 1. The van der Waals surface area contributed by atoms with Crippen LogP contribution in [0.25, 0.3) is 0 Å². The van der Waals surface area contributed by atoms with E-state index in [1.807, 2.05) is 6.07 Å². The van der Waals surface area contributed by atoms with Gasteiger partial charge in [0.05, 0.1) is 10.9 Å². The Morgan fingerprint density at radius 1 is 1.23 bits per heavy atom. The monoisotopic (exact) mass is 394 g/mol. The maximum absolute atomic E-state index is 14.0. The standard InChI is InChI=1S/C18H19FN2O3S2/c1-21(2)26(23,24)13-6-3-5-12(11-13)18(22)20-16-9-10-25-17-14(16)7-4-8-15(17)19/h3-8,11,16H,9-10H2,1-2H3,(H,20,22)/t16-/m0/s1. The zero-order valence-corrected chi connectivity index (χ0v) is 16.0. The second-order valence-corrected chi connectivity index (χ2v) is 9.39. The highest BCUT2D eigenvalue weighted by atomic mass is 32.2. The van der Waals surface area contributed by atoms with Crippen molar-refractivity contribution in [2.45, 2.75) is 22.3 Å². The van der Waals surface area contributed by atoms with Gasteiger partial charge in [-0.15, -0.1) is 11.8 Å². The van der Waals surface area contributed by atoms with Crippen LogP contribution in [0.1, 0.15) is 28.4 Å². The fourth-order valence-corrected chi connectivity index (χ4v) is 4.88. The summed E-state index contributed by atoms with van der Waals surface area (Å²) in [6.07, 6.45) is 0.683. The smallest absolute Gasteiger partial charge is 0.251 e. The van der Waals surface area contributed by atoms with Crippen molar-refractivity contribution < 1.29 is 17.6 Å². The summed E-state index contributed by atoms with van der Waals surface area (Å²) in [6, 6.07) is 10.5. The predicted octanol–water partition coefficient (Wildman–Crippen LogP) is 3.04. The van der Waals surface area contributed by atoms with E-state index in [9.17, 15) is 17.6 Å². The Hall–Kier alpha value is -1.90. The van der Waals surface area contributed by atoms with E-state index in [1.54, 1.807) is 12.1 Å². The summed E-state index contributed by atoms with van der Waals surface area (Å²) < 4.78 is 39.6. The van der Waals surface area contributed by atoms with Gasteiger partial charge in [-0.1, -0.05) is 18.2 Å². The Morgan fingerprint density at radius 3 is 2.69 bits per heavy atom. The van der Waals surface area contributed by atoms with Gasteiger partial charge in [-0.3, -0.25) is 4.79 Å². The summed E-state index contributed by atoms with van der Waals surface area (Å²) in [5.74, 6) is 0.0342. The van der Waals surface area contributed by atoms with Crippen molar-refractivity contribution in [2.24, 2.45) is 0 Å². The van der Waals surface area contributed by atoms with Gasteiger partial charge in [0.1, 0.15) is 5.82 Å². The molecule has 1 atom stereocenters. The number of carbonyl (C=O) groups is 1. The molecule has 0 aliphatic carbocycles. The maximum atomic E-state index is 14.0. The fourth-order valence-electron chi connectivity index (χ4n) is 2.79. The number of nitrogens with one attached hydrogen (secondary N) is 1. The lowest BCUT2D eigenvalue weighted by atomic mass is 10.0. The molecule has 1 N–H and O–H groups in total. The summed E-state index contributed by atoms with van der Waals surface area (Å²) in [7, 11) is -0.744. The van der Waals surface area contributed by atoms with Crippen LogP contribution < -0.4 is 5.32 Å². The van der Waals surface area contributed by atoms with E-state index in [0.29, 0.717) is 17.1 Å². The molecule has 0 fully saturated rings. The summed E-state index contributed by atoms with van der Waals surface area (Å²) in [6.45, 7) is 0. The molecule has 1 aliphatic heterocycles. The van der Waals surface area contributed by atoms with Crippen LogP contribution in [0.3, 0.4) is 0 Å². The third-order valence-corrected chi connectivity index (χ3v) is 7.18. The van der Waals surface area contributed by atoms with Gasteiger partial charge in [-0.05, 0) is 36.2 Å². The Morgan fingerprint density at radius 2 is 1.96 bits per heavy atom. The van der Waals surface area contributed by atoms with E-state index in [0.717, 1.165) is 9.87 Å². The van der Waals surface area contributed by atoms with Gasteiger partial charge in [0.2, 0.25) is 10.0 Å². The number of fused-ring (bicyclic) bond motifs is 1. The number of hydrogen-bond acceptors (Lipinski definition) is 4. The molecule has 26 heavy (non-hydrogen) atoms. The largest absolute Gasteiger partial charge is 0.345 e. The normalized spacial score (nSPS) is 17.0. The number of hydrogen-bond donors (Lipinski definition) is 1. The highest BCUT2D eigenvalue weighted by molar-refractivity contribution is 7.99. The number of amides is 1. The van der Waals surface area contributed by atoms with Gasteiger partial charge >= 0.3 is 0 Å². The summed E-state index contributed by atoms with van der Waals surface area (Å²) in [4.78, 5) is 13.3. The molecule has 138 valence electrons. The number of nitrogens with zero attached hydrogens (tertiary/aromatic N) is 1. The molecule has 0 aromatic heterocycles. The quantitative estimate of drug-likeness (QED) is 0.866. The van der Waals surface area contributed by atoms with E-state index in [1.165, 1.54) is 50.1 Å². The number of sulfonamides is 1. The van der Waals surface area contributed by atoms with Gasteiger partial charge in [-0.2, -0.15) is 0 Å². The Kier molecular flexibility index (Phi) is 5.36. The average Bonchev–Trinajstić information content (AvgIpc) is 2.62. The minimum Gasteiger partial charge on any atom is -0.345 e. The summed E-state index contributed by atoms with van der Waals surface area (Å²) in [5, 5.41) is 2.90. The molecule has 1 amide bonds. The second kappa shape index (κ2) is 7.38. The van der Waals surface area contributed by atoms with E-state index in [2.05, 4.69) is 5.32 Å². The van der Waals surface area contributed by atoms with Crippen LogP contribution in [0.5, 0.6) is 0 Å². The van der Waals surface area contributed by atoms with Crippen molar-refractivity contribution >= 4 is 27.7 Å². The zero-order chi connectivity index (χ0) is 18.9. The number of thioether (sulfide) groups is 1. The lowest BCUT2D eigenvalue weighted by molar-refractivity contribution is 0.0934. The van der Waals surface area contributed by atoms with Crippen LogP contribution in [-0.2, 0) is 10.0 Å². The van der Waals surface area contributed by atoms with Crippen LogP contribution in [0.4, 0.5) is 4.39 Å². The van der Waals surface area contributed by atoms with Gasteiger partial charge in [0, 0.05) is 30.3 Å². The first kappa shape index (κ1) is 18.9. The molecule has 8 heteroatoms. The van der Waals surface area contributed by atoms with E-state index < -0.39 is 10.0 Å². The van der Waals surface area contributed by atoms with E-state index in [4.69, 9.17) is 0 Å². The van der Waals surface area contributed by atoms with Gasteiger partial charge < -0.3 is 5.32 Å². The van der Waals surface area contributed by atoms with E-state index >= 15 is 0 Å². The first-order valence-corrected chi connectivity index (χ1v) is 10.5. The summed E-state index contributed by atoms with van der Waals surface area (Å²) >= 11 is 1.44. The Bertz CT molecular complexity index is 945. The highest BCUT2D eigenvalue weighted by Gasteiger charge is 2.25. The Labute approximate surface area is 156 Å². The van der Waals surface area contributed by atoms with Crippen molar-refractivity contribution in [1.29, 1.82) is 0 Å². The predicted molar refractivity (Wildman–Crippen MR) is 99.3 cm³/mol. The molecule has 3 rings (SSSR count). The van der Waals surface area contributed by atoms with Crippen LogP contribution in [0.15, 0.2) is 52.3 Å². The molecule has 0 unspecified atom stereocenters. The molecule has 0 spiro atoms. The molecular weight excluding hydrogens is 375 g/mol. The first-order valence-electron chi connectivity index (χ1n) is 8.05. The summed E-state index contributed by atoms with van der Waals surface area (Å²) in [5.41, 5.74) is 1.01.